The third kappa shape index (κ3) is 3.49. The van der Waals surface area contributed by atoms with Gasteiger partial charge in [-0.05, 0) is 35.7 Å². The molecule has 1 N–H and O–H groups in total. The quantitative estimate of drug-likeness (QED) is 0.565. The molecule has 28 heavy (non-hydrogen) atoms. The second-order valence-electron chi connectivity index (χ2n) is 6.13. The summed E-state index contributed by atoms with van der Waals surface area (Å²) in [5.74, 6) is -0.374. The van der Waals surface area contributed by atoms with E-state index in [2.05, 4.69) is 10.3 Å². The molecule has 0 bridgehead atoms. The molecule has 7 nitrogen and oxygen atoms in total. The third-order valence-electron chi connectivity index (χ3n) is 4.23. The van der Waals surface area contributed by atoms with Gasteiger partial charge in [0.2, 0.25) is 5.91 Å². The molecule has 140 valence electrons. The van der Waals surface area contributed by atoms with Gasteiger partial charge in [0.25, 0.3) is 5.56 Å². The number of fused-ring (bicyclic) bond motifs is 1. The molecule has 0 saturated heterocycles. The lowest BCUT2D eigenvalue weighted by molar-refractivity contribution is -0.116. The predicted octanol–water partition coefficient (Wildman–Crippen LogP) is 2.31. The molecule has 1 amide bonds. The van der Waals surface area contributed by atoms with Crippen LogP contribution in [0.1, 0.15) is 4.88 Å². The van der Waals surface area contributed by atoms with Crippen LogP contribution in [0.4, 0.5) is 5.69 Å². The van der Waals surface area contributed by atoms with Crippen LogP contribution in [0.3, 0.4) is 0 Å². The Morgan fingerprint density at radius 3 is 2.57 bits per heavy atom. The highest BCUT2D eigenvalue weighted by Crippen LogP contribution is 2.11. The summed E-state index contributed by atoms with van der Waals surface area (Å²) in [7, 11) is 0. The van der Waals surface area contributed by atoms with Gasteiger partial charge in [-0.2, -0.15) is 0 Å². The van der Waals surface area contributed by atoms with Crippen LogP contribution < -0.4 is 16.6 Å². The standard InChI is InChI=1S/C20H16N4O3S/c25-17(22-14-6-2-1-3-7-14)13-23-18-16(9-4-10-21-18)19(26)24(20(23)27)12-15-8-5-11-28-15/h1-11H,12-13H2,(H,22,25). The van der Waals surface area contributed by atoms with Crippen molar-refractivity contribution in [3.05, 3.63) is 91.9 Å². The molecule has 0 fully saturated rings. The molecule has 0 spiro atoms. The van der Waals surface area contributed by atoms with E-state index in [9.17, 15) is 14.4 Å². The first kappa shape index (κ1) is 17.9. The zero-order valence-electron chi connectivity index (χ0n) is 14.7. The number of para-hydroxylation sites is 1. The van der Waals surface area contributed by atoms with E-state index in [-0.39, 0.29) is 24.6 Å². The maximum Gasteiger partial charge on any atom is 0.333 e. The smallest absolute Gasteiger partial charge is 0.325 e. The number of nitrogens with one attached hydrogen (secondary N) is 1. The minimum atomic E-state index is -0.562. The van der Waals surface area contributed by atoms with Crippen LogP contribution in [0.5, 0.6) is 0 Å². The zero-order chi connectivity index (χ0) is 19.5. The lowest BCUT2D eigenvalue weighted by atomic mass is 10.3. The van der Waals surface area contributed by atoms with E-state index >= 15 is 0 Å². The number of nitrogens with zero attached hydrogens (tertiary/aromatic N) is 3. The van der Waals surface area contributed by atoms with Gasteiger partial charge in [-0.3, -0.25) is 18.7 Å². The molecule has 0 aliphatic heterocycles. The first-order chi connectivity index (χ1) is 13.6. The largest absolute Gasteiger partial charge is 0.333 e. The molecule has 4 aromatic rings. The van der Waals surface area contributed by atoms with E-state index in [0.29, 0.717) is 11.1 Å². The van der Waals surface area contributed by atoms with E-state index in [1.807, 2.05) is 23.6 Å². The van der Waals surface area contributed by atoms with Crippen LogP contribution in [0.15, 0.2) is 75.8 Å². The molecule has 4 rings (SSSR count). The Balaban J connectivity index is 1.77. The first-order valence-electron chi connectivity index (χ1n) is 8.59. The van der Waals surface area contributed by atoms with Gasteiger partial charge in [0.05, 0.1) is 11.9 Å². The number of thiophene rings is 1. The van der Waals surface area contributed by atoms with E-state index in [4.69, 9.17) is 0 Å². The number of carbonyl (C=O) groups excluding carboxylic acids is 1. The van der Waals surface area contributed by atoms with Crippen molar-refractivity contribution in [1.29, 1.82) is 0 Å². The predicted molar refractivity (Wildman–Crippen MR) is 109 cm³/mol. The molecule has 0 saturated carbocycles. The van der Waals surface area contributed by atoms with Crippen LogP contribution in [-0.4, -0.2) is 20.0 Å². The molecule has 1 aromatic carbocycles. The van der Waals surface area contributed by atoms with Crippen molar-refractivity contribution in [2.75, 3.05) is 5.32 Å². The van der Waals surface area contributed by atoms with Crippen LogP contribution >= 0.6 is 11.3 Å². The molecule has 0 aliphatic rings. The van der Waals surface area contributed by atoms with Gasteiger partial charge in [-0.25, -0.2) is 9.78 Å². The van der Waals surface area contributed by atoms with Crippen LogP contribution in [-0.2, 0) is 17.9 Å². The van der Waals surface area contributed by atoms with E-state index < -0.39 is 11.2 Å². The van der Waals surface area contributed by atoms with Gasteiger partial charge >= 0.3 is 5.69 Å². The fourth-order valence-electron chi connectivity index (χ4n) is 2.95. The number of amides is 1. The molecule has 0 aliphatic carbocycles. The summed E-state index contributed by atoms with van der Waals surface area (Å²) < 4.78 is 2.38. The van der Waals surface area contributed by atoms with Gasteiger partial charge in [0, 0.05) is 16.8 Å². The van der Waals surface area contributed by atoms with Crippen LogP contribution in [0, 0.1) is 0 Å². The molecule has 3 heterocycles. The average molecular weight is 392 g/mol. The van der Waals surface area contributed by atoms with E-state index in [0.717, 1.165) is 9.44 Å². The lowest BCUT2D eigenvalue weighted by Gasteiger charge is -2.13. The minimum Gasteiger partial charge on any atom is -0.325 e. The number of pyridine rings is 1. The third-order valence-corrected chi connectivity index (χ3v) is 5.09. The fourth-order valence-corrected chi connectivity index (χ4v) is 3.65. The second kappa shape index (κ2) is 7.61. The van der Waals surface area contributed by atoms with Crippen molar-refractivity contribution < 1.29 is 4.79 Å². The number of carbonyl (C=O) groups is 1. The van der Waals surface area contributed by atoms with Crippen LogP contribution in [0.2, 0.25) is 0 Å². The topological polar surface area (TPSA) is 86.0 Å². The summed E-state index contributed by atoms with van der Waals surface area (Å²) in [6, 6.07) is 15.9. The van der Waals surface area contributed by atoms with Crippen molar-refractivity contribution in [1.82, 2.24) is 14.1 Å². The van der Waals surface area contributed by atoms with Crippen molar-refractivity contribution in [3.8, 4) is 0 Å². The number of hydrogen-bond acceptors (Lipinski definition) is 5. The molecule has 0 unspecified atom stereocenters. The summed E-state index contributed by atoms with van der Waals surface area (Å²) in [4.78, 5) is 43.4. The number of hydrogen-bond donors (Lipinski definition) is 1. The first-order valence-corrected chi connectivity index (χ1v) is 9.47. The van der Waals surface area contributed by atoms with Crippen molar-refractivity contribution in [2.24, 2.45) is 0 Å². The SMILES string of the molecule is O=C(Cn1c(=O)n(Cc2cccs2)c(=O)c2cccnc21)Nc1ccccc1. The molecular weight excluding hydrogens is 376 g/mol. The van der Waals surface area contributed by atoms with Gasteiger partial charge in [0.15, 0.2) is 0 Å². The Bertz CT molecular complexity index is 1240. The van der Waals surface area contributed by atoms with Crippen molar-refractivity contribution in [3.63, 3.8) is 0 Å². The highest BCUT2D eigenvalue weighted by molar-refractivity contribution is 7.09. The van der Waals surface area contributed by atoms with Crippen LogP contribution in [0.25, 0.3) is 11.0 Å². The molecular formula is C20H16N4O3S. The highest BCUT2D eigenvalue weighted by Gasteiger charge is 2.16. The number of rotatable bonds is 5. The van der Waals surface area contributed by atoms with Crippen molar-refractivity contribution in [2.45, 2.75) is 13.1 Å². The highest BCUT2D eigenvalue weighted by atomic mass is 32.1. The average Bonchev–Trinajstić information content (AvgIpc) is 3.22. The Hall–Kier alpha value is -3.52. The maximum absolute atomic E-state index is 13.0. The maximum atomic E-state index is 13.0. The Kier molecular flexibility index (Phi) is 4.86. The molecule has 8 heteroatoms. The van der Waals surface area contributed by atoms with Crippen molar-refractivity contribution >= 4 is 34.0 Å². The molecule has 3 aromatic heterocycles. The Labute approximate surface area is 163 Å². The van der Waals surface area contributed by atoms with E-state index in [1.54, 1.807) is 36.4 Å². The van der Waals surface area contributed by atoms with Gasteiger partial charge in [-0.15, -0.1) is 11.3 Å². The summed E-state index contributed by atoms with van der Waals surface area (Å²) in [5.41, 5.74) is -0.151. The van der Waals surface area contributed by atoms with Gasteiger partial charge in [-0.1, -0.05) is 24.3 Å². The van der Waals surface area contributed by atoms with Gasteiger partial charge < -0.3 is 5.32 Å². The Morgan fingerprint density at radius 1 is 1.00 bits per heavy atom. The van der Waals surface area contributed by atoms with Gasteiger partial charge in [0.1, 0.15) is 12.2 Å². The fraction of sp³-hybridized carbons (Fsp3) is 0.100. The molecule has 0 radical (unpaired) electrons. The number of benzene rings is 1. The van der Waals surface area contributed by atoms with E-state index in [1.165, 1.54) is 22.1 Å². The number of aromatic nitrogens is 3. The zero-order valence-corrected chi connectivity index (χ0v) is 15.6. The summed E-state index contributed by atoms with van der Waals surface area (Å²) in [6.07, 6.45) is 1.50. The number of anilines is 1. The lowest BCUT2D eigenvalue weighted by Crippen LogP contribution is -2.42. The monoisotopic (exact) mass is 392 g/mol. The summed E-state index contributed by atoms with van der Waals surface area (Å²) >= 11 is 1.46. The second-order valence-corrected chi connectivity index (χ2v) is 7.16. The summed E-state index contributed by atoms with van der Waals surface area (Å²) in [6.45, 7) is -0.0908. The Morgan fingerprint density at radius 2 is 1.82 bits per heavy atom. The summed E-state index contributed by atoms with van der Waals surface area (Å²) in [5, 5.41) is 4.93. The molecule has 0 atom stereocenters. The normalized spacial score (nSPS) is 10.9. The minimum absolute atomic E-state index is 0.153.